The normalized spacial score (nSPS) is 29.5. The van der Waals surface area contributed by atoms with Crippen LogP contribution in [-0.2, 0) is 0 Å². The van der Waals surface area contributed by atoms with E-state index in [2.05, 4.69) is 15.3 Å². The van der Waals surface area contributed by atoms with Crippen LogP contribution in [0.5, 0.6) is 0 Å². The first-order chi connectivity index (χ1) is 7.61. The molecule has 2 rings (SSSR count). The van der Waals surface area contributed by atoms with Gasteiger partial charge in [-0.15, -0.1) is 0 Å². The quantitative estimate of drug-likeness (QED) is 0.524. The van der Waals surface area contributed by atoms with Crippen LogP contribution in [0.15, 0.2) is 15.8 Å². The van der Waals surface area contributed by atoms with E-state index in [0.29, 0.717) is 5.56 Å². The van der Waals surface area contributed by atoms with Crippen molar-refractivity contribution in [3.63, 3.8) is 0 Å². The van der Waals surface area contributed by atoms with E-state index >= 15 is 0 Å². The number of aromatic amines is 2. The molecule has 4 N–H and O–H groups in total. The van der Waals surface area contributed by atoms with E-state index in [-0.39, 0.29) is 30.2 Å². The zero-order valence-corrected chi connectivity index (χ0v) is 8.99. The molecule has 0 radical (unpaired) electrons. The highest BCUT2D eigenvalue weighted by molar-refractivity contribution is 5.13. The van der Waals surface area contributed by atoms with Crippen molar-refractivity contribution in [3.05, 3.63) is 32.6 Å². The van der Waals surface area contributed by atoms with Crippen molar-refractivity contribution in [3.8, 4) is 0 Å². The maximum absolute atomic E-state index is 11.6. The molecule has 88 valence electrons. The van der Waals surface area contributed by atoms with Gasteiger partial charge in [0.1, 0.15) is 0 Å². The Morgan fingerprint density at radius 2 is 2.25 bits per heavy atom. The second kappa shape index (κ2) is 4.23. The third-order valence-electron chi connectivity index (χ3n) is 3.04. The molecule has 1 aliphatic heterocycles. The Morgan fingerprint density at radius 1 is 1.50 bits per heavy atom. The zero-order chi connectivity index (χ0) is 11.7. The summed E-state index contributed by atoms with van der Waals surface area (Å²) in [5.41, 5.74) is -0.354. The van der Waals surface area contributed by atoms with Gasteiger partial charge in [-0.25, -0.2) is 4.79 Å². The maximum Gasteiger partial charge on any atom is 0.325 e. The fourth-order valence-electron chi connectivity index (χ4n) is 2.25. The van der Waals surface area contributed by atoms with E-state index in [9.17, 15) is 9.59 Å². The van der Waals surface area contributed by atoms with E-state index in [1.807, 2.05) is 6.92 Å². The van der Waals surface area contributed by atoms with Crippen molar-refractivity contribution in [2.45, 2.75) is 25.4 Å². The number of rotatable bonds is 2. The minimum Gasteiger partial charge on any atom is -0.395 e. The molecule has 0 amide bonds. The van der Waals surface area contributed by atoms with Gasteiger partial charge in [0.05, 0.1) is 12.2 Å². The van der Waals surface area contributed by atoms with Gasteiger partial charge in [0.25, 0.3) is 5.56 Å². The standard InChI is InChI=1S/C10H15N3O3/c1-5-2-6(4-14)12-8(5)7-3-11-10(16)13-9(7)15/h3,5-6,8,12,14H,2,4H2,1H3,(H2,11,13,15,16). The van der Waals surface area contributed by atoms with Crippen LogP contribution < -0.4 is 16.6 Å². The number of H-pyrrole nitrogens is 2. The van der Waals surface area contributed by atoms with Gasteiger partial charge in [0.2, 0.25) is 0 Å². The molecule has 1 aromatic rings. The number of aromatic nitrogens is 2. The Bertz CT molecular complexity index is 479. The third kappa shape index (κ3) is 1.94. The maximum atomic E-state index is 11.6. The number of nitrogens with one attached hydrogen (secondary N) is 3. The van der Waals surface area contributed by atoms with Crippen LogP contribution in [0.1, 0.15) is 24.9 Å². The van der Waals surface area contributed by atoms with Crippen LogP contribution in [-0.4, -0.2) is 27.7 Å². The summed E-state index contributed by atoms with van der Waals surface area (Å²) < 4.78 is 0. The van der Waals surface area contributed by atoms with Gasteiger partial charge >= 0.3 is 5.69 Å². The summed E-state index contributed by atoms with van der Waals surface area (Å²) >= 11 is 0. The van der Waals surface area contributed by atoms with Gasteiger partial charge in [-0.3, -0.25) is 9.78 Å². The Hall–Kier alpha value is -1.40. The predicted octanol–water partition coefficient (Wildman–Crippen LogP) is -0.905. The zero-order valence-electron chi connectivity index (χ0n) is 8.99. The minimum atomic E-state index is -0.502. The first kappa shape index (κ1) is 11.1. The van der Waals surface area contributed by atoms with Gasteiger partial charge in [-0.1, -0.05) is 6.92 Å². The van der Waals surface area contributed by atoms with Gasteiger partial charge in [0.15, 0.2) is 0 Å². The molecule has 0 spiro atoms. The smallest absolute Gasteiger partial charge is 0.325 e. The molecule has 16 heavy (non-hydrogen) atoms. The molecule has 6 heteroatoms. The molecule has 1 saturated heterocycles. The van der Waals surface area contributed by atoms with Crippen molar-refractivity contribution in [2.24, 2.45) is 5.92 Å². The number of aliphatic hydroxyl groups excluding tert-OH is 1. The molecular weight excluding hydrogens is 210 g/mol. The molecule has 2 heterocycles. The summed E-state index contributed by atoms with van der Waals surface area (Å²) in [7, 11) is 0. The molecule has 0 saturated carbocycles. The average Bonchev–Trinajstić information content (AvgIpc) is 2.60. The summed E-state index contributed by atoms with van der Waals surface area (Å²) in [5, 5.41) is 12.2. The highest BCUT2D eigenvalue weighted by Gasteiger charge is 2.32. The second-order valence-electron chi connectivity index (χ2n) is 4.26. The number of hydrogen-bond acceptors (Lipinski definition) is 4. The fourth-order valence-corrected chi connectivity index (χ4v) is 2.25. The Balaban J connectivity index is 2.31. The van der Waals surface area contributed by atoms with Crippen LogP contribution in [0, 0.1) is 5.92 Å². The number of aliphatic hydroxyl groups is 1. The Morgan fingerprint density at radius 3 is 2.81 bits per heavy atom. The van der Waals surface area contributed by atoms with E-state index < -0.39 is 5.69 Å². The summed E-state index contributed by atoms with van der Waals surface area (Å²) in [6.45, 7) is 2.07. The molecule has 6 nitrogen and oxygen atoms in total. The van der Waals surface area contributed by atoms with E-state index in [0.717, 1.165) is 6.42 Å². The largest absolute Gasteiger partial charge is 0.395 e. The second-order valence-corrected chi connectivity index (χ2v) is 4.26. The summed E-state index contributed by atoms with van der Waals surface area (Å²) in [6.07, 6.45) is 2.26. The predicted molar refractivity (Wildman–Crippen MR) is 58.2 cm³/mol. The minimum absolute atomic E-state index is 0.0197. The lowest BCUT2D eigenvalue weighted by atomic mass is 9.97. The molecule has 1 fully saturated rings. The lowest BCUT2D eigenvalue weighted by Gasteiger charge is -2.14. The molecule has 1 aliphatic rings. The van der Waals surface area contributed by atoms with Gasteiger partial charge in [0, 0.05) is 18.3 Å². The van der Waals surface area contributed by atoms with Crippen LogP contribution in [0.3, 0.4) is 0 Å². The Kier molecular flexibility index (Phi) is 2.93. The van der Waals surface area contributed by atoms with Gasteiger partial charge < -0.3 is 15.4 Å². The molecule has 3 unspecified atom stereocenters. The van der Waals surface area contributed by atoms with Gasteiger partial charge in [-0.2, -0.15) is 0 Å². The van der Waals surface area contributed by atoms with E-state index in [1.54, 1.807) is 0 Å². The monoisotopic (exact) mass is 225 g/mol. The van der Waals surface area contributed by atoms with E-state index in [4.69, 9.17) is 5.11 Å². The number of hydrogen-bond donors (Lipinski definition) is 4. The van der Waals surface area contributed by atoms with Crippen molar-refractivity contribution in [1.82, 2.24) is 15.3 Å². The van der Waals surface area contributed by atoms with Crippen molar-refractivity contribution >= 4 is 0 Å². The molecule has 0 bridgehead atoms. The first-order valence-corrected chi connectivity index (χ1v) is 5.30. The lowest BCUT2D eigenvalue weighted by molar-refractivity contribution is 0.251. The van der Waals surface area contributed by atoms with Crippen LogP contribution in [0.4, 0.5) is 0 Å². The highest BCUT2D eigenvalue weighted by atomic mass is 16.3. The molecule has 0 aliphatic carbocycles. The Labute approximate surface area is 91.7 Å². The van der Waals surface area contributed by atoms with Crippen molar-refractivity contribution in [1.29, 1.82) is 0 Å². The van der Waals surface area contributed by atoms with Crippen LogP contribution in [0.25, 0.3) is 0 Å². The molecule has 3 atom stereocenters. The summed E-state index contributed by atoms with van der Waals surface area (Å²) in [5.74, 6) is 0.254. The SMILES string of the molecule is CC1CC(CO)NC1c1c[nH]c(=O)[nH]c1=O. The van der Waals surface area contributed by atoms with Crippen molar-refractivity contribution < 1.29 is 5.11 Å². The van der Waals surface area contributed by atoms with E-state index in [1.165, 1.54) is 6.20 Å². The van der Waals surface area contributed by atoms with Gasteiger partial charge in [-0.05, 0) is 12.3 Å². The molecule has 1 aromatic heterocycles. The van der Waals surface area contributed by atoms with Crippen molar-refractivity contribution in [2.75, 3.05) is 6.61 Å². The highest BCUT2D eigenvalue weighted by Crippen LogP contribution is 2.29. The average molecular weight is 225 g/mol. The third-order valence-corrected chi connectivity index (χ3v) is 3.04. The fraction of sp³-hybridized carbons (Fsp3) is 0.600. The van der Waals surface area contributed by atoms with Crippen LogP contribution in [0.2, 0.25) is 0 Å². The van der Waals surface area contributed by atoms with Crippen LogP contribution >= 0.6 is 0 Å². The summed E-state index contributed by atoms with van der Waals surface area (Å²) in [6, 6.07) is -0.0934. The summed E-state index contributed by atoms with van der Waals surface area (Å²) in [4.78, 5) is 27.1. The lowest BCUT2D eigenvalue weighted by Crippen LogP contribution is -2.33. The first-order valence-electron chi connectivity index (χ1n) is 5.30. The topological polar surface area (TPSA) is 98.0 Å². The molecule has 0 aromatic carbocycles. The molecular formula is C10H15N3O3.